The van der Waals surface area contributed by atoms with Crippen LogP contribution < -0.4 is 5.73 Å². The van der Waals surface area contributed by atoms with Crippen LogP contribution >= 0.6 is 28.3 Å². The summed E-state index contributed by atoms with van der Waals surface area (Å²) in [5, 5.41) is 0. The highest BCUT2D eigenvalue weighted by Crippen LogP contribution is 2.30. The van der Waals surface area contributed by atoms with Crippen LogP contribution in [0.15, 0.2) is 22.7 Å². The van der Waals surface area contributed by atoms with Gasteiger partial charge in [0.1, 0.15) is 0 Å². The fourth-order valence-corrected chi connectivity index (χ4v) is 2.14. The zero-order valence-corrected chi connectivity index (χ0v) is 10.3. The van der Waals surface area contributed by atoms with Crippen LogP contribution in [0, 0.1) is 6.92 Å². The van der Waals surface area contributed by atoms with Gasteiger partial charge in [-0.25, -0.2) is 0 Å². The molecule has 78 valence electrons. The van der Waals surface area contributed by atoms with Crippen molar-refractivity contribution in [2.24, 2.45) is 5.73 Å². The summed E-state index contributed by atoms with van der Waals surface area (Å²) in [7, 11) is 0. The molecule has 2 nitrogen and oxygen atoms in total. The van der Waals surface area contributed by atoms with Crippen LogP contribution in [0.3, 0.4) is 0 Å². The third-order valence-electron chi connectivity index (χ3n) is 2.44. The molecule has 1 saturated heterocycles. The fraction of sp³-hybridized carbons (Fsp3) is 0.400. The molecule has 0 unspecified atom stereocenters. The van der Waals surface area contributed by atoms with E-state index in [0.717, 1.165) is 4.47 Å². The predicted molar refractivity (Wildman–Crippen MR) is 62.8 cm³/mol. The maximum Gasteiger partial charge on any atom is 0.0886 e. The summed E-state index contributed by atoms with van der Waals surface area (Å²) < 4.78 is 6.24. The Balaban J connectivity index is 0.000000980. The summed E-state index contributed by atoms with van der Waals surface area (Å²) in [5.74, 6) is 0. The molecule has 1 fully saturated rings. The Morgan fingerprint density at radius 1 is 1.43 bits per heavy atom. The topological polar surface area (TPSA) is 35.2 Å². The van der Waals surface area contributed by atoms with Crippen molar-refractivity contribution in [1.82, 2.24) is 0 Å². The number of rotatable bonds is 1. The van der Waals surface area contributed by atoms with Crippen molar-refractivity contribution in [3.8, 4) is 0 Å². The second-order valence-corrected chi connectivity index (χ2v) is 4.52. The number of aryl methyl sites for hydroxylation is 1. The number of hydrogen-bond donors (Lipinski definition) is 1. The van der Waals surface area contributed by atoms with Crippen LogP contribution in [-0.2, 0) is 10.3 Å². The third-order valence-corrected chi connectivity index (χ3v) is 2.94. The largest absolute Gasteiger partial charge is 0.377 e. The predicted octanol–water partition coefficient (Wildman–Crippen LogP) is 2.36. The van der Waals surface area contributed by atoms with Crippen molar-refractivity contribution < 1.29 is 4.74 Å². The lowest BCUT2D eigenvalue weighted by molar-refractivity contribution is -0.0572. The number of benzene rings is 1. The van der Waals surface area contributed by atoms with E-state index in [9.17, 15) is 0 Å². The molecule has 14 heavy (non-hydrogen) atoms. The van der Waals surface area contributed by atoms with E-state index >= 15 is 0 Å². The van der Waals surface area contributed by atoms with Crippen molar-refractivity contribution in [2.45, 2.75) is 12.5 Å². The van der Waals surface area contributed by atoms with Crippen LogP contribution in [0.1, 0.15) is 11.1 Å². The van der Waals surface area contributed by atoms with Gasteiger partial charge in [0.05, 0.1) is 18.8 Å². The molecule has 4 heteroatoms. The van der Waals surface area contributed by atoms with Gasteiger partial charge in [0, 0.05) is 4.47 Å². The van der Waals surface area contributed by atoms with Gasteiger partial charge in [-0.2, -0.15) is 0 Å². The molecule has 0 atom stereocenters. The summed E-state index contributed by atoms with van der Waals surface area (Å²) in [6, 6.07) is 6.18. The molecule has 0 aromatic heterocycles. The molecule has 0 radical (unpaired) electrons. The van der Waals surface area contributed by atoms with Gasteiger partial charge < -0.3 is 10.5 Å². The minimum atomic E-state index is -0.245. The summed E-state index contributed by atoms with van der Waals surface area (Å²) in [5.41, 5.74) is 8.31. The Morgan fingerprint density at radius 2 is 2.07 bits per heavy atom. The maximum absolute atomic E-state index is 6.13. The van der Waals surface area contributed by atoms with Gasteiger partial charge in [0.25, 0.3) is 0 Å². The summed E-state index contributed by atoms with van der Waals surface area (Å²) in [6.07, 6.45) is 0. The minimum absolute atomic E-state index is 0. The first-order valence-electron chi connectivity index (χ1n) is 4.25. The number of nitrogens with two attached hydrogens (primary N) is 1. The molecular weight excluding hydrogens is 265 g/mol. The second kappa shape index (κ2) is 4.19. The van der Waals surface area contributed by atoms with E-state index in [4.69, 9.17) is 10.5 Å². The minimum Gasteiger partial charge on any atom is -0.377 e. The molecule has 0 bridgehead atoms. The van der Waals surface area contributed by atoms with Crippen molar-refractivity contribution in [3.05, 3.63) is 33.8 Å². The lowest BCUT2D eigenvalue weighted by atomic mass is 9.86. The monoisotopic (exact) mass is 277 g/mol. The molecular formula is C10H13BrClNO. The molecule has 0 aliphatic carbocycles. The highest BCUT2D eigenvalue weighted by atomic mass is 79.9. The van der Waals surface area contributed by atoms with Gasteiger partial charge >= 0.3 is 0 Å². The Bertz CT molecular complexity index is 339. The van der Waals surface area contributed by atoms with Crippen LogP contribution in [-0.4, -0.2) is 13.2 Å². The van der Waals surface area contributed by atoms with E-state index < -0.39 is 0 Å². The fourth-order valence-electron chi connectivity index (χ4n) is 1.66. The molecule has 2 N–H and O–H groups in total. The maximum atomic E-state index is 6.13. The van der Waals surface area contributed by atoms with Gasteiger partial charge in [-0.15, -0.1) is 12.4 Å². The van der Waals surface area contributed by atoms with Gasteiger partial charge in [0.15, 0.2) is 0 Å². The summed E-state index contributed by atoms with van der Waals surface area (Å²) >= 11 is 3.43. The van der Waals surface area contributed by atoms with E-state index in [1.807, 2.05) is 6.07 Å². The van der Waals surface area contributed by atoms with E-state index in [1.54, 1.807) is 0 Å². The highest BCUT2D eigenvalue weighted by molar-refractivity contribution is 9.10. The highest BCUT2D eigenvalue weighted by Gasteiger charge is 2.36. The number of hydrogen-bond acceptors (Lipinski definition) is 2. The first-order valence-corrected chi connectivity index (χ1v) is 5.04. The zero-order chi connectivity index (χ0) is 9.47. The van der Waals surface area contributed by atoms with Gasteiger partial charge in [-0.3, -0.25) is 0 Å². The molecule has 2 rings (SSSR count). The van der Waals surface area contributed by atoms with Crippen molar-refractivity contribution in [2.75, 3.05) is 13.2 Å². The quantitative estimate of drug-likeness (QED) is 0.856. The normalized spacial score (nSPS) is 18.2. The van der Waals surface area contributed by atoms with Crippen molar-refractivity contribution in [3.63, 3.8) is 0 Å². The van der Waals surface area contributed by atoms with Crippen molar-refractivity contribution >= 4 is 28.3 Å². The zero-order valence-electron chi connectivity index (χ0n) is 7.92. The summed E-state index contributed by atoms with van der Waals surface area (Å²) in [4.78, 5) is 0. The molecule has 0 amide bonds. The molecule has 0 saturated carbocycles. The number of halogens is 2. The average Bonchev–Trinajstić information content (AvgIpc) is 2.00. The van der Waals surface area contributed by atoms with Gasteiger partial charge in [-0.05, 0) is 30.2 Å². The summed E-state index contributed by atoms with van der Waals surface area (Å²) in [6.45, 7) is 3.35. The van der Waals surface area contributed by atoms with E-state index in [2.05, 4.69) is 35.0 Å². The molecule has 1 aromatic rings. The average molecular weight is 279 g/mol. The second-order valence-electron chi connectivity index (χ2n) is 3.61. The Hall–Kier alpha value is -0.0900. The number of ether oxygens (including phenoxy) is 1. The van der Waals surface area contributed by atoms with Crippen LogP contribution in [0.5, 0.6) is 0 Å². The Morgan fingerprint density at radius 3 is 2.50 bits per heavy atom. The van der Waals surface area contributed by atoms with E-state index in [0.29, 0.717) is 13.2 Å². The first kappa shape index (κ1) is 12.0. The van der Waals surface area contributed by atoms with E-state index in [-0.39, 0.29) is 17.9 Å². The van der Waals surface area contributed by atoms with E-state index in [1.165, 1.54) is 11.1 Å². The molecule has 1 aromatic carbocycles. The molecule has 1 aliphatic heterocycles. The Labute approximate surface area is 98.4 Å². The van der Waals surface area contributed by atoms with Crippen LogP contribution in [0.2, 0.25) is 0 Å². The standard InChI is InChI=1S/C10H12BrNO.ClH/c1-7-4-8(11)2-3-9(7)10(12)5-13-6-10;/h2-4H,5-6,12H2,1H3;1H. The molecule has 0 spiro atoms. The van der Waals surface area contributed by atoms with Gasteiger partial charge in [-0.1, -0.05) is 22.0 Å². The molecule has 1 aliphatic rings. The van der Waals surface area contributed by atoms with Crippen LogP contribution in [0.4, 0.5) is 0 Å². The molecule has 1 heterocycles. The SMILES string of the molecule is Cc1cc(Br)ccc1C1(N)COC1.Cl. The third kappa shape index (κ3) is 1.96. The Kier molecular flexibility index (Phi) is 3.58. The van der Waals surface area contributed by atoms with Gasteiger partial charge in [0.2, 0.25) is 0 Å². The lowest BCUT2D eigenvalue weighted by Gasteiger charge is -2.39. The lowest BCUT2D eigenvalue weighted by Crippen LogP contribution is -2.54. The van der Waals surface area contributed by atoms with Crippen molar-refractivity contribution in [1.29, 1.82) is 0 Å². The van der Waals surface area contributed by atoms with Crippen LogP contribution in [0.25, 0.3) is 0 Å². The smallest absolute Gasteiger partial charge is 0.0886 e. The first-order chi connectivity index (χ1) is 6.12.